The molecule has 3 aromatic carbocycles. The summed E-state index contributed by atoms with van der Waals surface area (Å²) in [6.07, 6.45) is 1.53. The van der Waals surface area contributed by atoms with Gasteiger partial charge in [0.2, 0.25) is 24.0 Å². The van der Waals surface area contributed by atoms with Crippen molar-refractivity contribution in [3.8, 4) is 5.75 Å². The molecule has 11 N–H and O–H groups in total. The Hall–Kier alpha value is -8.67. The van der Waals surface area contributed by atoms with Crippen LogP contribution in [0.4, 0.5) is 33.2 Å². The van der Waals surface area contributed by atoms with Crippen molar-refractivity contribution in [2.24, 2.45) is 5.73 Å². The first kappa shape index (κ1) is 63.9. The molecule has 1 aliphatic carbocycles. The van der Waals surface area contributed by atoms with Crippen LogP contribution in [0.25, 0.3) is 0 Å². The van der Waals surface area contributed by atoms with Gasteiger partial charge in [0.1, 0.15) is 48.1 Å². The van der Waals surface area contributed by atoms with E-state index in [1.807, 2.05) is 0 Å². The summed E-state index contributed by atoms with van der Waals surface area (Å²) in [4.78, 5) is 140. The number of likely N-dealkylation sites (N-methyl/N-ethyl adjacent to an activating group) is 1. The summed E-state index contributed by atoms with van der Waals surface area (Å²) >= 11 is 0. The number of nitrogens with zero attached hydrogens (tertiary/aromatic N) is 4. The number of rotatable bonds is 30. The average Bonchev–Trinajstić information content (AvgIpc) is 3.56. The molecule has 7 amide bonds. The van der Waals surface area contributed by atoms with Crippen molar-refractivity contribution in [2.45, 2.75) is 127 Å². The van der Waals surface area contributed by atoms with E-state index in [9.17, 15) is 68.4 Å². The number of carboxylic acids is 1. The van der Waals surface area contributed by atoms with Gasteiger partial charge in [-0.15, -0.1) is 0 Å². The number of carbonyl (C=O) groups excluding carboxylic acids is 7. The van der Waals surface area contributed by atoms with Gasteiger partial charge in [0.15, 0.2) is 6.10 Å². The molecule has 85 heavy (non-hydrogen) atoms. The molecular formula is C57H70N10O18. The Bertz CT molecular complexity index is 3110. The fourth-order valence-corrected chi connectivity index (χ4v) is 9.72. The molecule has 4 aromatic rings. The van der Waals surface area contributed by atoms with E-state index in [0.29, 0.717) is 36.5 Å². The number of carboxylic acid groups (broad SMARTS) is 1. The maximum atomic E-state index is 13.9. The number of aromatic nitrogens is 1. The van der Waals surface area contributed by atoms with Gasteiger partial charge in [-0.05, 0) is 80.6 Å². The molecule has 3 heterocycles. The molecule has 1 saturated carbocycles. The third-order valence-corrected chi connectivity index (χ3v) is 14.3. The summed E-state index contributed by atoms with van der Waals surface area (Å²) in [6, 6.07) is 12.0. The van der Waals surface area contributed by atoms with Crippen LogP contribution in [0.3, 0.4) is 0 Å². The highest BCUT2D eigenvalue weighted by Crippen LogP contribution is 2.32. The lowest BCUT2D eigenvalue weighted by Crippen LogP contribution is -2.61. The van der Waals surface area contributed by atoms with E-state index in [2.05, 4.69) is 31.6 Å². The Kier molecular flexibility index (Phi) is 23.1. The van der Waals surface area contributed by atoms with E-state index < -0.39 is 103 Å². The van der Waals surface area contributed by atoms with Gasteiger partial charge >= 0.3 is 12.1 Å². The molecule has 456 valence electrons. The molecule has 0 bridgehead atoms. The smallest absolute Gasteiger partial charge is 0.411 e. The van der Waals surface area contributed by atoms with E-state index in [1.165, 1.54) is 35.4 Å². The fraction of sp³-hybridized carbons (Fsp3) is 0.456. The zero-order chi connectivity index (χ0) is 61.2. The molecule has 3 aliphatic rings. The van der Waals surface area contributed by atoms with Crippen LogP contribution in [0, 0.1) is 0 Å². The van der Waals surface area contributed by atoms with Crippen molar-refractivity contribution in [1.82, 2.24) is 25.2 Å². The van der Waals surface area contributed by atoms with Gasteiger partial charge in [0.05, 0.1) is 18.3 Å². The van der Waals surface area contributed by atoms with E-state index in [4.69, 9.17) is 24.8 Å². The lowest BCUT2D eigenvalue weighted by molar-refractivity contribution is -0.271. The number of anilines is 5. The number of unbranched alkanes of at least 4 members (excludes halogenated alkanes) is 3. The number of aliphatic carboxylic acids is 1. The first-order chi connectivity index (χ1) is 40.9. The number of nitrogens with one attached hydrogen (secondary N) is 5. The number of aliphatic hydroxyl groups excluding tert-OH is 3. The molecule has 0 radical (unpaired) electrons. The first-order valence-electron chi connectivity index (χ1n) is 28.0. The van der Waals surface area contributed by atoms with Gasteiger partial charge in [0.25, 0.3) is 28.6 Å². The van der Waals surface area contributed by atoms with Gasteiger partial charge < -0.3 is 66.5 Å². The second kappa shape index (κ2) is 30.8. The molecule has 2 fully saturated rings. The van der Waals surface area contributed by atoms with Crippen LogP contribution in [-0.4, -0.2) is 170 Å². The molecular weight excluding hydrogens is 1110 g/mol. The lowest BCUT2D eigenvalue weighted by Gasteiger charge is -2.38. The zero-order valence-electron chi connectivity index (χ0n) is 46.6. The zero-order valence-corrected chi connectivity index (χ0v) is 46.6. The quantitative estimate of drug-likeness (QED) is 0.0154. The van der Waals surface area contributed by atoms with E-state index in [-0.39, 0.29) is 83.6 Å². The second-order valence-electron chi connectivity index (χ2n) is 20.3. The summed E-state index contributed by atoms with van der Waals surface area (Å²) in [7, 11) is 0. The van der Waals surface area contributed by atoms with Gasteiger partial charge in [0, 0.05) is 87.0 Å². The number of ether oxygens (including phenoxy) is 3. The summed E-state index contributed by atoms with van der Waals surface area (Å²) < 4.78 is 16.4. The number of hydroxylamine groups is 2. The van der Waals surface area contributed by atoms with Crippen molar-refractivity contribution < 1.29 is 77.8 Å². The summed E-state index contributed by atoms with van der Waals surface area (Å²) in [5.74, 6) is -5.47. The van der Waals surface area contributed by atoms with Crippen molar-refractivity contribution in [2.75, 3.05) is 60.6 Å². The predicted octanol–water partition coefficient (Wildman–Crippen LogP) is 1.76. The molecule has 0 spiro atoms. The maximum Gasteiger partial charge on any atom is 0.411 e. The lowest BCUT2D eigenvalue weighted by atomic mass is 9.95. The largest absolute Gasteiger partial charge is 0.479 e. The molecule has 0 unspecified atom stereocenters. The van der Waals surface area contributed by atoms with Crippen molar-refractivity contribution in [1.29, 1.82) is 0 Å². The molecule has 6 atom stereocenters. The third kappa shape index (κ3) is 17.0. The van der Waals surface area contributed by atoms with Gasteiger partial charge in [-0.2, -0.15) is 0 Å². The van der Waals surface area contributed by atoms with E-state index in [1.54, 1.807) is 48.5 Å². The molecule has 2 aliphatic heterocycles. The van der Waals surface area contributed by atoms with Crippen LogP contribution >= 0.6 is 0 Å². The van der Waals surface area contributed by atoms with Crippen LogP contribution in [0.2, 0.25) is 0 Å². The van der Waals surface area contributed by atoms with Crippen LogP contribution in [-0.2, 0) is 49.7 Å². The minimum absolute atomic E-state index is 0.0409. The van der Waals surface area contributed by atoms with Gasteiger partial charge in [-0.3, -0.25) is 58.4 Å². The highest BCUT2D eigenvalue weighted by molar-refractivity contribution is 6.15. The Labute approximate surface area is 487 Å². The second-order valence-corrected chi connectivity index (χ2v) is 20.3. The Balaban J connectivity index is 0.897. The van der Waals surface area contributed by atoms with Crippen LogP contribution in [0.5, 0.6) is 5.75 Å². The number of hydrogen-bond donors (Lipinski definition) is 10. The summed E-state index contributed by atoms with van der Waals surface area (Å²) in [5, 5.41) is 55.8. The SMILES string of the molecule is CCN(CCON(C(=O)CCCCCCNc1c(Nc2ccncc2)c(=O)c1=O)C1CCCCC1)C(=O)c1cccc(NC(=O)OCc2ccc(O[C@@H]3O[C@H](C(=O)O)[C@@H](O)[C@H](O)[C@H]3O)c(NC(=O)CCNC(=O)[C@H](CN)N3C(=O)C=CC3=O)c2)c1. The highest BCUT2D eigenvalue weighted by atomic mass is 16.7. The molecule has 28 nitrogen and oxygen atoms in total. The summed E-state index contributed by atoms with van der Waals surface area (Å²) in [5.41, 5.74) is 6.18. The first-order valence-corrected chi connectivity index (χ1v) is 28.0. The number of aliphatic hydroxyl groups is 3. The molecule has 1 saturated heterocycles. The number of imide groups is 1. The van der Waals surface area contributed by atoms with Crippen LogP contribution in [0.1, 0.15) is 93.5 Å². The monoisotopic (exact) mass is 1180 g/mol. The molecule has 28 heteroatoms. The number of carbonyl (C=O) groups is 8. The Morgan fingerprint density at radius 1 is 0.812 bits per heavy atom. The number of nitrogens with two attached hydrogens (primary N) is 1. The fourth-order valence-electron chi connectivity index (χ4n) is 9.72. The number of amides is 7. The highest BCUT2D eigenvalue weighted by Gasteiger charge is 2.48. The topological polar surface area (TPSA) is 397 Å². The molecule has 1 aromatic heterocycles. The predicted molar refractivity (Wildman–Crippen MR) is 303 cm³/mol. The maximum absolute atomic E-state index is 13.9. The minimum Gasteiger partial charge on any atom is -0.479 e. The minimum atomic E-state index is -2.03. The third-order valence-electron chi connectivity index (χ3n) is 14.3. The molecule has 7 rings (SSSR count). The average molecular weight is 1180 g/mol. The van der Waals surface area contributed by atoms with Crippen molar-refractivity contribution >= 4 is 75.9 Å². The Morgan fingerprint density at radius 3 is 2.24 bits per heavy atom. The number of hydrogen-bond acceptors (Lipinski definition) is 21. The van der Waals surface area contributed by atoms with E-state index >= 15 is 0 Å². The van der Waals surface area contributed by atoms with E-state index in [0.717, 1.165) is 57.1 Å². The van der Waals surface area contributed by atoms with Gasteiger partial charge in [-0.1, -0.05) is 44.2 Å². The van der Waals surface area contributed by atoms with Crippen LogP contribution < -0.4 is 47.9 Å². The Morgan fingerprint density at radius 2 is 1.53 bits per heavy atom. The summed E-state index contributed by atoms with van der Waals surface area (Å²) in [6.45, 7) is 1.61. The van der Waals surface area contributed by atoms with Crippen LogP contribution in [0.15, 0.2) is 88.7 Å². The van der Waals surface area contributed by atoms with Crippen molar-refractivity contribution in [3.05, 3.63) is 111 Å². The number of benzene rings is 2. The normalized spacial score (nSPS) is 19.0. The van der Waals surface area contributed by atoms with Gasteiger partial charge in [-0.25, -0.2) is 14.7 Å². The van der Waals surface area contributed by atoms with Crippen molar-refractivity contribution in [3.63, 3.8) is 0 Å². The standard InChI is InChI=1S/C57H70N10O18/c1-2-65(27-28-83-67(37-13-6-5-7-14-37)44(71)15-8-3-4-9-23-60-45-46(48(73)47(45)72)62-35-20-24-59-25-21-35)54(78)34-11-10-12-36(30-34)63-57(81)82-32-33-16-17-40(84-56-51(76)49(74)50(75)52(85-56)55(79)80)38(29-33)64-41(68)22-26-61-53(77)39(31-58)66-42(69)18-19-43(66)70/h10-12,16-21,24-25,29-30,37,39,49-52,56,60,74-76H,2-9,13-15,22-23,26-28,31-32,58H2,1H3,(H,59,62)(H,61,77)(H,63,81)(H,64,68)(H,79,80)/t39-,49-,50-,51+,52-,56+/m0/s1. The number of pyridine rings is 1.